The number of rotatable bonds is 6. The smallest absolute Gasteiger partial charge is 0.141 e. The number of nitrogens with one attached hydrogen (secondary N) is 1. The van der Waals surface area contributed by atoms with Crippen LogP contribution in [0.2, 0.25) is 0 Å². The molecule has 3 heteroatoms. The van der Waals surface area contributed by atoms with Crippen LogP contribution in [0.1, 0.15) is 19.4 Å². The summed E-state index contributed by atoms with van der Waals surface area (Å²) in [4.78, 5) is 11.8. The molecule has 0 saturated heterocycles. The van der Waals surface area contributed by atoms with Crippen molar-refractivity contribution in [2.24, 2.45) is 5.92 Å². The number of ketones is 1. The first-order chi connectivity index (χ1) is 7.65. The zero-order chi connectivity index (χ0) is 12.0. The maximum absolute atomic E-state index is 13.3. The molecule has 0 spiro atoms. The van der Waals surface area contributed by atoms with Gasteiger partial charge >= 0.3 is 0 Å². The summed E-state index contributed by atoms with van der Waals surface area (Å²) in [6, 6.07) is 6.43. The van der Waals surface area contributed by atoms with E-state index in [9.17, 15) is 9.18 Å². The van der Waals surface area contributed by atoms with E-state index < -0.39 is 0 Å². The lowest BCUT2D eigenvalue weighted by Gasteiger charge is -2.10. The Balaban J connectivity index is 2.54. The molecule has 1 aromatic rings. The lowest BCUT2D eigenvalue weighted by atomic mass is 9.99. The van der Waals surface area contributed by atoms with Crippen LogP contribution >= 0.6 is 0 Å². The first-order valence-corrected chi connectivity index (χ1v) is 5.62. The Bertz CT molecular complexity index is 352. The number of halogens is 1. The standard InChI is InChI=1S/C13H18FNO/c1-3-15-9-10(2)13(16)8-11-6-4-5-7-12(11)14/h4-7,10,15H,3,8-9H2,1-2H3. The van der Waals surface area contributed by atoms with Crippen LogP contribution < -0.4 is 5.32 Å². The average molecular weight is 223 g/mol. The van der Waals surface area contributed by atoms with E-state index in [2.05, 4.69) is 5.32 Å². The van der Waals surface area contributed by atoms with Gasteiger partial charge in [0.05, 0.1) is 0 Å². The third-order valence-corrected chi connectivity index (χ3v) is 2.57. The van der Waals surface area contributed by atoms with E-state index >= 15 is 0 Å². The van der Waals surface area contributed by atoms with Crippen molar-refractivity contribution in [3.8, 4) is 0 Å². The van der Waals surface area contributed by atoms with Gasteiger partial charge in [0.15, 0.2) is 0 Å². The fourth-order valence-electron chi connectivity index (χ4n) is 1.48. The molecule has 1 rings (SSSR count). The van der Waals surface area contributed by atoms with E-state index in [1.807, 2.05) is 13.8 Å². The highest BCUT2D eigenvalue weighted by molar-refractivity contribution is 5.83. The van der Waals surface area contributed by atoms with Gasteiger partial charge in [0.25, 0.3) is 0 Å². The number of carbonyl (C=O) groups excluding carboxylic acids is 1. The van der Waals surface area contributed by atoms with Gasteiger partial charge in [-0.05, 0) is 18.2 Å². The number of hydrogen-bond acceptors (Lipinski definition) is 2. The zero-order valence-electron chi connectivity index (χ0n) is 9.79. The van der Waals surface area contributed by atoms with Crippen molar-refractivity contribution in [1.29, 1.82) is 0 Å². The van der Waals surface area contributed by atoms with E-state index in [-0.39, 0.29) is 23.9 Å². The molecule has 0 saturated carbocycles. The molecule has 1 N–H and O–H groups in total. The Kier molecular flexibility index (Phi) is 5.12. The molecule has 88 valence electrons. The second kappa shape index (κ2) is 6.38. The molecule has 1 atom stereocenters. The molecule has 2 nitrogen and oxygen atoms in total. The van der Waals surface area contributed by atoms with Crippen LogP contribution in [0.5, 0.6) is 0 Å². The lowest BCUT2D eigenvalue weighted by Crippen LogP contribution is -2.27. The van der Waals surface area contributed by atoms with Crippen LogP contribution in [-0.4, -0.2) is 18.9 Å². The molecule has 0 aromatic heterocycles. The Morgan fingerprint density at radius 1 is 1.44 bits per heavy atom. The predicted octanol–water partition coefficient (Wildman–Crippen LogP) is 2.18. The summed E-state index contributed by atoms with van der Waals surface area (Å²) in [6.07, 6.45) is 0.180. The van der Waals surface area contributed by atoms with Gasteiger partial charge in [-0.25, -0.2) is 4.39 Å². The van der Waals surface area contributed by atoms with E-state index in [4.69, 9.17) is 0 Å². The molecule has 0 aliphatic rings. The van der Waals surface area contributed by atoms with Crippen molar-refractivity contribution in [3.63, 3.8) is 0 Å². The van der Waals surface area contributed by atoms with Crippen molar-refractivity contribution in [1.82, 2.24) is 5.32 Å². The van der Waals surface area contributed by atoms with E-state index in [0.717, 1.165) is 6.54 Å². The summed E-state index contributed by atoms with van der Waals surface area (Å²) in [5.41, 5.74) is 0.482. The summed E-state index contributed by atoms with van der Waals surface area (Å²) >= 11 is 0. The maximum atomic E-state index is 13.3. The van der Waals surface area contributed by atoms with Crippen molar-refractivity contribution in [3.05, 3.63) is 35.6 Å². The van der Waals surface area contributed by atoms with Crippen LogP contribution in [0.25, 0.3) is 0 Å². The monoisotopic (exact) mass is 223 g/mol. The van der Waals surface area contributed by atoms with Crippen molar-refractivity contribution < 1.29 is 9.18 Å². The van der Waals surface area contributed by atoms with Gasteiger partial charge in [-0.2, -0.15) is 0 Å². The summed E-state index contributed by atoms with van der Waals surface area (Å²) in [5.74, 6) is -0.294. The minimum absolute atomic E-state index is 0.0699. The molecule has 0 aliphatic heterocycles. The highest BCUT2D eigenvalue weighted by Crippen LogP contribution is 2.10. The first kappa shape index (κ1) is 12.8. The lowest BCUT2D eigenvalue weighted by molar-refractivity contribution is -0.121. The summed E-state index contributed by atoms with van der Waals surface area (Å²) in [7, 11) is 0. The molecule has 1 unspecified atom stereocenters. The van der Waals surface area contributed by atoms with Crippen molar-refractivity contribution in [2.75, 3.05) is 13.1 Å². The summed E-state index contributed by atoms with van der Waals surface area (Å²) in [6.45, 7) is 5.36. The molecule has 0 heterocycles. The largest absolute Gasteiger partial charge is 0.316 e. The summed E-state index contributed by atoms with van der Waals surface area (Å²) < 4.78 is 13.3. The Morgan fingerprint density at radius 3 is 2.75 bits per heavy atom. The summed E-state index contributed by atoms with van der Waals surface area (Å²) in [5, 5.41) is 3.11. The fraction of sp³-hybridized carbons (Fsp3) is 0.462. The number of benzene rings is 1. The predicted molar refractivity (Wildman–Crippen MR) is 62.8 cm³/mol. The van der Waals surface area contributed by atoms with Gasteiger partial charge < -0.3 is 5.32 Å². The van der Waals surface area contributed by atoms with Crippen LogP contribution in [-0.2, 0) is 11.2 Å². The Hall–Kier alpha value is -1.22. The molecular formula is C13H18FNO. The van der Waals surface area contributed by atoms with E-state index in [1.165, 1.54) is 6.07 Å². The molecule has 0 radical (unpaired) electrons. The Morgan fingerprint density at radius 2 is 2.12 bits per heavy atom. The minimum atomic E-state index is -0.300. The molecular weight excluding hydrogens is 205 g/mol. The van der Waals surface area contributed by atoms with Crippen LogP contribution in [0.4, 0.5) is 4.39 Å². The number of hydrogen-bond donors (Lipinski definition) is 1. The van der Waals surface area contributed by atoms with Gasteiger partial charge in [0, 0.05) is 18.9 Å². The molecule has 1 aromatic carbocycles. The SMILES string of the molecule is CCNCC(C)C(=O)Cc1ccccc1F. The van der Waals surface area contributed by atoms with Crippen LogP contribution in [0.3, 0.4) is 0 Å². The van der Waals surface area contributed by atoms with Crippen molar-refractivity contribution in [2.45, 2.75) is 20.3 Å². The average Bonchev–Trinajstić information content (AvgIpc) is 2.28. The van der Waals surface area contributed by atoms with Gasteiger partial charge in [-0.3, -0.25) is 4.79 Å². The van der Waals surface area contributed by atoms with Gasteiger partial charge in [-0.1, -0.05) is 32.0 Å². The van der Waals surface area contributed by atoms with E-state index in [0.29, 0.717) is 12.1 Å². The topological polar surface area (TPSA) is 29.1 Å². The highest BCUT2D eigenvalue weighted by atomic mass is 19.1. The quantitative estimate of drug-likeness (QED) is 0.801. The highest BCUT2D eigenvalue weighted by Gasteiger charge is 2.14. The van der Waals surface area contributed by atoms with Gasteiger partial charge in [0.1, 0.15) is 11.6 Å². The number of Topliss-reactive ketones (excluding diaryl/α,β-unsaturated/α-hetero) is 1. The fourth-order valence-corrected chi connectivity index (χ4v) is 1.48. The third-order valence-electron chi connectivity index (χ3n) is 2.57. The van der Waals surface area contributed by atoms with Gasteiger partial charge in [0.2, 0.25) is 0 Å². The number of carbonyl (C=O) groups is 1. The molecule has 16 heavy (non-hydrogen) atoms. The van der Waals surface area contributed by atoms with Gasteiger partial charge in [-0.15, -0.1) is 0 Å². The normalized spacial score (nSPS) is 12.4. The maximum Gasteiger partial charge on any atom is 0.141 e. The molecule has 0 fully saturated rings. The molecule has 0 aliphatic carbocycles. The van der Waals surface area contributed by atoms with Crippen LogP contribution in [0, 0.1) is 11.7 Å². The van der Waals surface area contributed by atoms with Crippen LogP contribution in [0.15, 0.2) is 24.3 Å². The molecule has 0 bridgehead atoms. The third kappa shape index (κ3) is 3.74. The molecule has 0 amide bonds. The minimum Gasteiger partial charge on any atom is -0.316 e. The Labute approximate surface area is 95.9 Å². The zero-order valence-corrected chi connectivity index (χ0v) is 9.79. The second-order valence-corrected chi connectivity index (χ2v) is 3.94. The second-order valence-electron chi connectivity index (χ2n) is 3.94. The first-order valence-electron chi connectivity index (χ1n) is 5.62. The van der Waals surface area contributed by atoms with E-state index in [1.54, 1.807) is 18.2 Å². The van der Waals surface area contributed by atoms with Crippen molar-refractivity contribution >= 4 is 5.78 Å².